The molecule has 0 aliphatic carbocycles. The number of fused-ring (bicyclic) bond motifs is 1. The van der Waals surface area contributed by atoms with Crippen LogP contribution in [0.1, 0.15) is 31.1 Å². The van der Waals surface area contributed by atoms with Crippen molar-refractivity contribution in [2.45, 2.75) is 30.4 Å². The van der Waals surface area contributed by atoms with Crippen LogP contribution in [0.4, 0.5) is 0 Å². The number of rotatable bonds is 5. The number of hydrogen-bond donors (Lipinski definition) is 1. The van der Waals surface area contributed by atoms with E-state index in [9.17, 15) is 5.11 Å². The summed E-state index contributed by atoms with van der Waals surface area (Å²) in [5.74, 6) is 1.56. The first-order valence-corrected chi connectivity index (χ1v) is 10.9. The van der Waals surface area contributed by atoms with Gasteiger partial charge in [0, 0.05) is 26.0 Å². The van der Waals surface area contributed by atoms with Crippen molar-refractivity contribution < 1.29 is 14.6 Å². The van der Waals surface area contributed by atoms with Crippen LogP contribution in [-0.4, -0.2) is 17.8 Å². The fourth-order valence-corrected chi connectivity index (χ4v) is 5.01. The Kier molecular flexibility index (Phi) is 5.83. The van der Waals surface area contributed by atoms with E-state index in [2.05, 4.69) is 0 Å². The van der Waals surface area contributed by atoms with Crippen molar-refractivity contribution in [3.8, 4) is 11.5 Å². The molecule has 3 aromatic rings. The van der Waals surface area contributed by atoms with E-state index in [1.54, 1.807) is 18.9 Å². The first-order chi connectivity index (χ1) is 14.4. The van der Waals surface area contributed by atoms with Gasteiger partial charge >= 0.3 is 0 Å². The maximum absolute atomic E-state index is 11.4. The first-order valence-electron chi connectivity index (χ1n) is 9.67. The Morgan fingerprint density at radius 2 is 1.63 bits per heavy atom. The lowest BCUT2D eigenvalue weighted by Crippen LogP contribution is -2.37. The van der Waals surface area contributed by atoms with Gasteiger partial charge in [0.2, 0.25) is 0 Å². The van der Waals surface area contributed by atoms with Crippen molar-refractivity contribution >= 4 is 28.3 Å². The fourth-order valence-electron chi connectivity index (χ4n) is 3.63. The Hall–Kier alpha value is -2.40. The van der Waals surface area contributed by atoms with E-state index in [4.69, 9.17) is 21.1 Å². The zero-order chi connectivity index (χ0) is 21.3. The number of hydrogen-bond acceptors (Lipinski definition) is 4. The SMILES string of the molecule is COc1ccc(C(O)C2=C(Sc3ccc(Cl)cc3)c3ccccc3OC2(C)C)cc1. The van der Waals surface area contributed by atoms with Crippen molar-refractivity contribution in [3.05, 3.63) is 94.5 Å². The highest BCUT2D eigenvalue weighted by Gasteiger charge is 2.39. The normalized spacial score (nSPS) is 15.9. The van der Waals surface area contributed by atoms with E-state index in [0.29, 0.717) is 5.02 Å². The molecule has 3 aromatic carbocycles. The number of aliphatic hydroxyl groups is 1. The Balaban J connectivity index is 1.86. The number of aliphatic hydroxyl groups excluding tert-OH is 1. The molecule has 0 amide bonds. The van der Waals surface area contributed by atoms with Crippen molar-refractivity contribution in [2.75, 3.05) is 7.11 Å². The van der Waals surface area contributed by atoms with E-state index in [1.807, 2.05) is 86.6 Å². The number of ether oxygens (including phenoxy) is 2. The van der Waals surface area contributed by atoms with E-state index in [0.717, 1.165) is 38.0 Å². The van der Waals surface area contributed by atoms with Crippen LogP contribution < -0.4 is 9.47 Å². The molecule has 1 N–H and O–H groups in total. The summed E-state index contributed by atoms with van der Waals surface area (Å²) in [7, 11) is 1.63. The van der Waals surface area contributed by atoms with E-state index in [1.165, 1.54) is 0 Å². The molecule has 0 fully saturated rings. The molecule has 30 heavy (non-hydrogen) atoms. The summed E-state index contributed by atoms with van der Waals surface area (Å²) in [6.45, 7) is 3.99. The average Bonchev–Trinajstić information content (AvgIpc) is 2.74. The van der Waals surface area contributed by atoms with Crippen LogP contribution >= 0.6 is 23.4 Å². The number of thioether (sulfide) groups is 1. The van der Waals surface area contributed by atoms with Crippen LogP contribution in [-0.2, 0) is 0 Å². The minimum atomic E-state index is -0.825. The van der Waals surface area contributed by atoms with Crippen LogP contribution in [0.25, 0.3) is 4.91 Å². The highest BCUT2D eigenvalue weighted by Crippen LogP contribution is 2.51. The van der Waals surface area contributed by atoms with E-state index >= 15 is 0 Å². The molecule has 0 saturated carbocycles. The van der Waals surface area contributed by atoms with Gasteiger partial charge in [0.15, 0.2) is 0 Å². The third-order valence-corrected chi connectivity index (χ3v) is 6.53. The van der Waals surface area contributed by atoms with Gasteiger partial charge in [-0.1, -0.05) is 53.7 Å². The van der Waals surface area contributed by atoms with Gasteiger partial charge in [-0.2, -0.15) is 0 Å². The fraction of sp³-hybridized carbons (Fsp3) is 0.200. The Morgan fingerprint density at radius 3 is 2.30 bits per heavy atom. The highest BCUT2D eigenvalue weighted by atomic mass is 35.5. The second kappa shape index (κ2) is 8.38. The standard InChI is InChI=1S/C25H23ClO3S/c1-25(2)22(23(27)16-8-12-18(28-3)13-9-16)24(20-6-4-5-7-21(20)29-25)30-19-14-10-17(26)11-15-19/h4-15,23,27H,1-3H3. The van der Waals surface area contributed by atoms with E-state index in [-0.39, 0.29) is 0 Å². The predicted octanol–water partition coefficient (Wildman–Crippen LogP) is 6.76. The molecular weight excluding hydrogens is 416 g/mol. The van der Waals surface area contributed by atoms with Crippen LogP contribution in [0.5, 0.6) is 11.5 Å². The predicted molar refractivity (Wildman–Crippen MR) is 123 cm³/mol. The van der Waals surface area contributed by atoms with Gasteiger partial charge in [0.1, 0.15) is 23.2 Å². The largest absolute Gasteiger partial charge is 0.497 e. The average molecular weight is 439 g/mol. The molecule has 1 atom stereocenters. The molecule has 1 aliphatic heterocycles. The summed E-state index contributed by atoms with van der Waals surface area (Å²) in [6, 6.07) is 23.2. The molecule has 1 heterocycles. The summed E-state index contributed by atoms with van der Waals surface area (Å²) < 4.78 is 11.6. The second-order valence-electron chi connectivity index (χ2n) is 7.58. The monoisotopic (exact) mass is 438 g/mol. The molecule has 3 nitrogen and oxygen atoms in total. The summed E-state index contributed by atoms with van der Waals surface area (Å²) in [5, 5.41) is 12.1. The van der Waals surface area contributed by atoms with Crippen molar-refractivity contribution in [1.29, 1.82) is 0 Å². The topological polar surface area (TPSA) is 38.7 Å². The lowest BCUT2D eigenvalue weighted by atomic mass is 9.85. The Labute approximate surface area is 186 Å². The van der Waals surface area contributed by atoms with Crippen LogP contribution in [0, 0.1) is 0 Å². The minimum Gasteiger partial charge on any atom is -0.497 e. The number of methoxy groups -OCH3 is 1. The molecule has 0 saturated heterocycles. The van der Waals surface area contributed by atoms with Gasteiger partial charge in [-0.25, -0.2) is 0 Å². The summed E-state index contributed by atoms with van der Waals surface area (Å²) >= 11 is 7.69. The second-order valence-corrected chi connectivity index (χ2v) is 9.10. The minimum absolute atomic E-state index is 0.692. The zero-order valence-corrected chi connectivity index (χ0v) is 18.6. The van der Waals surface area contributed by atoms with Crippen LogP contribution in [0.15, 0.2) is 83.3 Å². The van der Waals surface area contributed by atoms with Gasteiger partial charge in [-0.05, 0) is 61.9 Å². The van der Waals surface area contributed by atoms with Gasteiger partial charge in [0.25, 0.3) is 0 Å². The van der Waals surface area contributed by atoms with E-state index < -0.39 is 11.7 Å². The number of benzene rings is 3. The van der Waals surface area contributed by atoms with Gasteiger partial charge in [-0.3, -0.25) is 0 Å². The number of para-hydroxylation sites is 1. The van der Waals surface area contributed by atoms with Gasteiger partial charge in [0.05, 0.1) is 7.11 Å². The molecular formula is C25H23ClO3S. The van der Waals surface area contributed by atoms with Crippen molar-refractivity contribution in [2.24, 2.45) is 0 Å². The molecule has 0 bridgehead atoms. The number of halogens is 1. The molecule has 5 heteroatoms. The third-order valence-electron chi connectivity index (χ3n) is 5.13. The smallest absolute Gasteiger partial charge is 0.129 e. The molecule has 1 aliphatic rings. The molecule has 4 rings (SSSR count). The Bertz CT molecular complexity index is 1070. The van der Waals surface area contributed by atoms with Crippen molar-refractivity contribution in [3.63, 3.8) is 0 Å². The maximum atomic E-state index is 11.4. The van der Waals surface area contributed by atoms with Gasteiger partial charge < -0.3 is 14.6 Å². The zero-order valence-electron chi connectivity index (χ0n) is 17.1. The third kappa shape index (κ3) is 4.08. The molecule has 1 unspecified atom stereocenters. The Morgan fingerprint density at radius 1 is 0.967 bits per heavy atom. The maximum Gasteiger partial charge on any atom is 0.129 e. The van der Waals surface area contributed by atoms with Crippen LogP contribution in [0.3, 0.4) is 0 Å². The first kappa shape index (κ1) is 20.9. The molecule has 0 aromatic heterocycles. The molecule has 154 valence electrons. The summed E-state index contributed by atoms with van der Waals surface area (Å²) in [5.41, 5.74) is 1.89. The quantitative estimate of drug-likeness (QED) is 0.477. The van der Waals surface area contributed by atoms with Crippen molar-refractivity contribution in [1.82, 2.24) is 0 Å². The lowest BCUT2D eigenvalue weighted by Gasteiger charge is -2.39. The summed E-state index contributed by atoms with van der Waals surface area (Å²) in [6.07, 6.45) is -0.825. The molecule has 0 radical (unpaired) electrons. The highest BCUT2D eigenvalue weighted by molar-refractivity contribution is 8.08. The molecule has 0 spiro atoms. The summed E-state index contributed by atoms with van der Waals surface area (Å²) in [4.78, 5) is 2.04. The lowest BCUT2D eigenvalue weighted by molar-refractivity contribution is 0.0990. The van der Waals surface area contributed by atoms with Gasteiger partial charge in [-0.15, -0.1) is 0 Å². The van der Waals surface area contributed by atoms with Crippen LogP contribution in [0.2, 0.25) is 5.02 Å².